The molecule has 0 aliphatic carbocycles. The van der Waals surface area contributed by atoms with Crippen molar-refractivity contribution in [1.82, 2.24) is 5.48 Å². The number of nitrogens with one attached hydrogen (secondary N) is 1. The van der Waals surface area contributed by atoms with Crippen LogP contribution in [-0.2, 0) is 9.57 Å². The molecule has 0 saturated carbocycles. The predicted octanol–water partition coefficient (Wildman–Crippen LogP) is 0.0658. The molecule has 1 aliphatic rings. The average molecular weight is 175 g/mol. The van der Waals surface area contributed by atoms with Crippen LogP contribution in [0.3, 0.4) is 0 Å². The molecular formula is C8H17NO3. The number of hydrogen-bond donors (Lipinski definition) is 2. The van der Waals surface area contributed by atoms with E-state index < -0.39 is 6.10 Å². The summed E-state index contributed by atoms with van der Waals surface area (Å²) in [6.07, 6.45) is -0.452. The van der Waals surface area contributed by atoms with Crippen LogP contribution in [0.15, 0.2) is 0 Å². The highest BCUT2D eigenvalue weighted by molar-refractivity contribution is 4.78. The van der Waals surface area contributed by atoms with Crippen LogP contribution in [0.5, 0.6) is 0 Å². The van der Waals surface area contributed by atoms with Gasteiger partial charge in [0.1, 0.15) is 0 Å². The molecule has 4 nitrogen and oxygen atoms in total. The van der Waals surface area contributed by atoms with Crippen molar-refractivity contribution in [2.45, 2.75) is 38.5 Å². The molecule has 4 heteroatoms. The monoisotopic (exact) mass is 175 g/mol. The van der Waals surface area contributed by atoms with E-state index in [1.165, 1.54) is 0 Å². The van der Waals surface area contributed by atoms with Crippen LogP contribution in [0.2, 0.25) is 0 Å². The Hall–Kier alpha value is -0.160. The average Bonchev–Trinajstić information content (AvgIpc) is 2.29. The van der Waals surface area contributed by atoms with E-state index in [0.29, 0.717) is 13.2 Å². The standard InChI is InChI=1S/C8H17NO3/c1-8(2,3)12-9-6-4-11-5-7(6)10/h6-7,9-10H,4-5H2,1-3H3. The lowest BCUT2D eigenvalue weighted by molar-refractivity contribution is -0.0986. The molecule has 1 fully saturated rings. The second-order valence-electron chi connectivity index (χ2n) is 4.04. The van der Waals surface area contributed by atoms with Crippen molar-refractivity contribution in [3.63, 3.8) is 0 Å². The number of hydroxylamine groups is 1. The maximum atomic E-state index is 9.32. The van der Waals surface area contributed by atoms with E-state index in [1.54, 1.807) is 0 Å². The fourth-order valence-corrected chi connectivity index (χ4v) is 0.908. The summed E-state index contributed by atoms with van der Waals surface area (Å²) in [5, 5.41) is 9.32. The molecule has 0 aromatic rings. The topological polar surface area (TPSA) is 50.7 Å². The van der Waals surface area contributed by atoms with Gasteiger partial charge in [0.15, 0.2) is 0 Å². The number of aliphatic hydroxyl groups excluding tert-OH is 1. The fourth-order valence-electron chi connectivity index (χ4n) is 0.908. The molecule has 0 bridgehead atoms. The van der Waals surface area contributed by atoms with Gasteiger partial charge in [-0.1, -0.05) is 0 Å². The zero-order valence-corrected chi connectivity index (χ0v) is 7.83. The first-order valence-corrected chi connectivity index (χ1v) is 4.18. The van der Waals surface area contributed by atoms with Gasteiger partial charge in [-0.25, -0.2) is 0 Å². The summed E-state index contributed by atoms with van der Waals surface area (Å²) in [7, 11) is 0. The number of hydrogen-bond acceptors (Lipinski definition) is 4. The zero-order chi connectivity index (χ0) is 9.19. The molecule has 0 radical (unpaired) electrons. The third-order valence-electron chi connectivity index (χ3n) is 1.57. The molecule has 72 valence electrons. The minimum atomic E-state index is -0.452. The van der Waals surface area contributed by atoms with Crippen molar-refractivity contribution in [2.24, 2.45) is 0 Å². The fraction of sp³-hybridized carbons (Fsp3) is 1.00. The molecule has 0 spiro atoms. The van der Waals surface area contributed by atoms with Gasteiger partial charge in [0, 0.05) is 0 Å². The molecule has 1 rings (SSSR count). The maximum absolute atomic E-state index is 9.32. The first kappa shape index (κ1) is 9.92. The number of rotatable bonds is 2. The maximum Gasteiger partial charge on any atom is 0.0971 e. The minimum absolute atomic E-state index is 0.0933. The van der Waals surface area contributed by atoms with Crippen LogP contribution in [0, 0.1) is 0 Å². The largest absolute Gasteiger partial charge is 0.389 e. The summed E-state index contributed by atoms with van der Waals surface area (Å²) in [6, 6.07) is -0.0933. The molecule has 2 unspecified atom stereocenters. The van der Waals surface area contributed by atoms with Gasteiger partial charge in [-0.05, 0) is 20.8 Å². The summed E-state index contributed by atoms with van der Waals surface area (Å²) >= 11 is 0. The van der Waals surface area contributed by atoms with Crippen LogP contribution in [0.1, 0.15) is 20.8 Å². The lowest BCUT2D eigenvalue weighted by Gasteiger charge is -2.23. The summed E-state index contributed by atoms with van der Waals surface area (Å²) < 4.78 is 5.04. The van der Waals surface area contributed by atoms with Gasteiger partial charge < -0.3 is 9.84 Å². The summed E-state index contributed by atoms with van der Waals surface area (Å²) in [4.78, 5) is 5.29. The van der Waals surface area contributed by atoms with Crippen molar-refractivity contribution in [1.29, 1.82) is 0 Å². The summed E-state index contributed by atoms with van der Waals surface area (Å²) in [5.74, 6) is 0. The van der Waals surface area contributed by atoms with Crippen molar-refractivity contribution in [2.75, 3.05) is 13.2 Å². The summed E-state index contributed by atoms with van der Waals surface area (Å²) in [5.41, 5.74) is 2.56. The molecule has 0 amide bonds. The van der Waals surface area contributed by atoms with Gasteiger partial charge in [0.2, 0.25) is 0 Å². The highest BCUT2D eigenvalue weighted by Crippen LogP contribution is 2.09. The Bertz CT molecular complexity index is 144. The Morgan fingerprint density at radius 2 is 2.08 bits per heavy atom. The first-order valence-electron chi connectivity index (χ1n) is 4.18. The third-order valence-corrected chi connectivity index (χ3v) is 1.57. The van der Waals surface area contributed by atoms with Gasteiger partial charge in [-0.2, -0.15) is 5.48 Å². The molecular weight excluding hydrogens is 158 g/mol. The van der Waals surface area contributed by atoms with E-state index >= 15 is 0 Å². The van der Waals surface area contributed by atoms with Crippen molar-refractivity contribution < 1.29 is 14.7 Å². The Morgan fingerprint density at radius 1 is 1.42 bits per heavy atom. The summed E-state index contributed by atoms with van der Waals surface area (Å²) in [6.45, 7) is 6.75. The van der Waals surface area contributed by atoms with E-state index in [9.17, 15) is 5.11 Å². The van der Waals surface area contributed by atoms with Crippen LogP contribution in [0.4, 0.5) is 0 Å². The quantitative estimate of drug-likeness (QED) is 0.583. The minimum Gasteiger partial charge on any atom is -0.389 e. The van der Waals surface area contributed by atoms with E-state index in [1.807, 2.05) is 20.8 Å². The van der Waals surface area contributed by atoms with Gasteiger partial charge in [0.25, 0.3) is 0 Å². The highest BCUT2D eigenvalue weighted by Gasteiger charge is 2.27. The van der Waals surface area contributed by atoms with Gasteiger partial charge in [-0.3, -0.25) is 4.84 Å². The Labute approximate surface area is 72.8 Å². The number of aliphatic hydroxyl groups is 1. The van der Waals surface area contributed by atoms with Crippen LogP contribution in [-0.4, -0.2) is 36.1 Å². The third kappa shape index (κ3) is 3.06. The van der Waals surface area contributed by atoms with E-state index in [4.69, 9.17) is 9.57 Å². The van der Waals surface area contributed by atoms with E-state index in [2.05, 4.69) is 5.48 Å². The predicted molar refractivity (Wildman–Crippen MR) is 44.6 cm³/mol. The number of ether oxygens (including phenoxy) is 1. The van der Waals surface area contributed by atoms with Gasteiger partial charge in [0.05, 0.1) is 31.0 Å². The molecule has 0 aromatic carbocycles. The Kier molecular flexibility index (Phi) is 3.06. The second-order valence-corrected chi connectivity index (χ2v) is 4.04. The first-order chi connectivity index (χ1) is 5.49. The molecule has 1 saturated heterocycles. The van der Waals surface area contributed by atoms with Gasteiger partial charge in [-0.15, -0.1) is 0 Å². The van der Waals surface area contributed by atoms with Crippen molar-refractivity contribution in [3.05, 3.63) is 0 Å². The van der Waals surface area contributed by atoms with Gasteiger partial charge >= 0.3 is 0 Å². The van der Waals surface area contributed by atoms with E-state index in [0.717, 1.165) is 0 Å². The van der Waals surface area contributed by atoms with Crippen molar-refractivity contribution >= 4 is 0 Å². The molecule has 12 heavy (non-hydrogen) atoms. The molecule has 1 aliphatic heterocycles. The highest BCUT2D eigenvalue weighted by atomic mass is 16.7. The lowest BCUT2D eigenvalue weighted by Crippen LogP contribution is -2.42. The van der Waals surface area contributed by atoms with E-state index in [-0.39, 0.29) is 11.6 Å². The van der Waals surface area contributed by atoms with Crippen LogP contribution in [0.25, 0.3) is 0 Å². The molecule has 0 aromatic heterocycles. The smallest absolute Gasteiger partial charge is 0.0971 e. The zero-order valence-electron chi connectivity index (χ0n) is 7.83. The molecule has 2 atom stereocenters. The normalized spacial score (nSPS) is 31.0. The molecule has 2 N–H and O–H groups in total. The lowest BCUT2D eigenvalue weighted by atomic mass is 10.2. The second kappa shape index (κ2) is 3.70. The van der Waals surface area contributed by atoms with Crippen LogP contribution < -0.4 is 5.48 Å². The molecule has 1 heterocycles. The Morgan fingerprint density at radius 3 is 2.50 bits per heavy atom. The Balaban J connectivity index is 2.23. The van der Waals surface area contributed by atoms with Crippen LogP contribution >= 0.6 is 0 Å². The van der Waals surface area contributed by atoms with Crippen molar-refractivity contribution in [3.8, 4) is 0 Å². The SMILES string of the molecule is CC(C)(C)ONC1COCC1O.